The summed E-state index contributed by atoms with van der Waals surface area (Å²) in [6, 6.07) is 0. The van der Waals surface area contributed by atoms with Gasteiger partial charge >= 0.3 is 0 Å². The Balaban J connectivity index is 8.96. The molecular formula is C75H152. The van der Waals surface area contributed by atoms with Crippen LogP contribution in [-0.2, 0) is 0 Å². The van der Waals surface area contributed by atoms with Gasteiger partial charge in [0.25, 0.3) is 0 Å². The van der Waals surface area contributed by atoms with Gasteiger partial charge in [0, 0.05) is 0 Å². The molecule has 0 heterocycles. The molecule has 4 unspecified atom stereocenters. The molecule has 0 heteroatoms. The van der Waals surface area contributed by atoms with Crippen LogP contribution in [0.2, 0.25) is 0 Å². The maximum atomic E-state index is 2.67. The summed E-state index contributed by atoms with van der Waals surface area (Å²) in [5.41, 5.74) is 1.76. The lowest BCUT2D eigenvalue weighted by molar-refractivity contribution is -0.205. The molecule has 0 aromatic rings. The summed E-state index contributed by atoms with van der Waals surface area (Å²) in [7, 11) is 0. The lowest BCUT2D eigenvalue weighted by Gasteiger charge is -2.69. The molecule has 0 N–H and O–H groups in total. The summed E-state index contributed by atoms with van der Waals surface area (Å²) in [6.07, 6.45) is 89.9. The van der Waals surface area contributed by atoms with Crippen LogP contribution in [-0.4, -0.2) is 0 Å². The Bertz CT molecular complexity index is 1090. The van der Waals surface area contributed by atoms with E-state index in [9.17, 15) is 0 Å². The zero-order valence-corrected chi connectivity index (χ0v) is 55.1. The van der Waals surface area contributed by atoms with Gasteiger partial charge in [-0.3, -0.25) is 0 Å². The predicted molar refractivity (Wildman–Crippen MR) is 348 cm³/mol. The lowest BCUT2D eigenvalue weighted by atomic mass is 9.35. The lowest BCUT2D eigenvalue weighted by Crippen LogP contribution is -2.61. The van der Waals surface area contributed by atoms with Gasteiger partial charge in [0.15, 0.2) is 0 Å². The molecule has 0 radical (unpaired) electrons. The van der Waals surface area contributed by atoms with E-state index in [1.54, 1.807) is 51.4 Å². The Morgan fingerprint density at radius 2 is 0.267 bits per heavy atom. The van der Waals surface area contributed by atoms with E-state index in [4.69, 9.17) is 0 Å². The van der Waals surface area contributed by atoms with E-state index in [-0.39, 0.29) is 0 Å². The fourth-order valence-corrected chi connectivity index (χ4v) is 16.3. The van der Waals surface area contributed by atoms with Crippen LogP contribution in [0.3, 0.4) is 0 Å². The minimum absolute atomic E-state index is 0.422. The largest absolute Gasteiger partial charge is 0.0654 e. The maximum Gasteiger partial charge on any atom is -0.0179 e. The first-order valence-electron chi connectivity index (χ1n) is 36.9. The minimum Gasteiger partial charge on any atom is -0.0654 e. The summed E-state index contributed by atoms with van der Waals surface area (Å²) < 4.78 is 0. The van der Waals surface area contributed by atoms with Crippen molar-refractivity contribution >= 4 is 0 Å². The van der Waals surface area contributed by atoms with E-state index in [2.05, 4.69) is 69.2 Å². The third-order valence-corrected chi connectivity index (χ3v) is 20.5. The van der Waals surface area contributed by atoms with Crippen LogP contribution in [0.15, 0.2) is 0 Å². The Morgan fingerprint density at radius 1 is 0.120 bits per heavy atom. The predicted octanol–water partition coefficient (Wildman–Crippen LogP) is 28.9. The van der Waals surface area contributed by atoms with Crippen LogP contribution >= 0.6 is 0 Å². The number of hydrogen-bond acceptors (Lipinski definition) is 0. The van der Waals surface area contributed by atoms with Crippen molar-refractivity contribution in [2.75, 3.05) is 0 Å². The van der Waals surface area contributed by atoms with Crippen LogP contribution in [0.5, 0.6) is 0 Å². The molecule has 4 atom stereocenters. The Morgan fingerprint density at radius 3 is 0.493 bits per heavy atom. The standard InChI is InChI=1S/C75H152/c1-11-21-30-37-42-44-47-52-58-67-73(65-56-50-45-39-32-23-13-3,66-57-51-46-43-38-31-22-12-2)75(70-60-48-35-26-16-6,71-61-53-41-34-25-15-5)74(68-54-28-18-8,69-59-36-27-17-7)72(62-20-10,63-29-19-9)64-55-49-40-33-24-14-4/h11-71H2,1-10H3. The van der Waals surface area contributed by atoms with Crippen molar-refractivity contribution in [3.63, 3.8) is 0 Å². The molecule has 0 bridgehead atoms. The number of unbranched alkanes of at least 4 members (excludes halogenated alkanes) is 41. The van der Waals surface area contributed by atoms with E-state index in [1.807, 2.05) is 0 Å². The van der Waals surface area contributed by atoms with Gasteiger partial charge in [0.1, 0.15) is 0 Å². The van der Waals surface area contributed by atoms with Crippen LogP contribution in [0, 0.1) is 21.7 Å². The van der Waals surface area contributed by atoms with E-state index in [1.165, 1.54) is 340 Å². The average molecular weight is 1050 g/mol. The molecule has 0 nitrogen and oxygen atoms in total. The Labute approximate surface area is 480 Å². The molecule has 0 fully saturated rings. The molecule has 0 saturated carbocycles. The van der Waals surface area contributed by atoms with Crippen LogP contribution in [0.4, 0.5) is 0 Å². The van der Waals surface area contributed by atoms with Crippen molar-refractivity contribution < 1.29 is 0 Å². The van der Waals surface area contributed by atoms with Crippen LogP contribution < -0.4 is 0 Å². The highest BCUT2D eigenvalue weighted by Gasteiger charge is 2.65. The first-order chi connectivity index (χ1) is 36.9. The number of rotatable bonds is 64. The molecule has 0 saturated heterocycles. The van der Waals surface area contributed by atoms with Crippen molar-refractivity contribution in [2.24, 2.45) is 21.7 Å². The number of hydrogen-bond donors (Lipinski definition) is 0. The molecule has 0 aliphatic rings. The van der Waals surface area contributed by atoms with Crippen LogP contribution in [0.1, 0.15) is 461 Å². The highest BCUT2D eigenvalue weighted by Crippen LogP contribution is 2.74. The first kappa shape index (κ1) is 75.0. The molecule has 75 heavy (non-hydrogen) atoms. The third kappa shape index (κ3) is 32.9. The molecular weight excluding hydrogens is 901 g/mol. The SMILES string of the molecule is CCCCCCCCCCCC(CCCCCCCCC)(CCCCCCCCCC)C(CCCCCCC)(CCCCCCCC)C(CCCCC)(CCCCCC)C(CCC)(CCCC)CCCCCCCC. The summed E-state index contributed by atoms with van der Waals surface area (Å²) >= 11 is 0. The van der Waals surface area contributed by atoms with Gasteiger partial charge in [-0.15, -0.1) is 0 Å². The fourth-order valence-electron chi connectivity index (χ4n) is 16.3. The van der Waals surface area contributed by atoms with Crippen molar-refractivity contribution in [3.8, 4) is 0 Å². The zero-order chi connectivity index (χ0) is 55.1. The molecule has 0 aromatic heterocycles. The van der Waals surface area contributed by atoms with E-state index in [0.29, 0.717) is 21.7 Å². The van der Waals surface area contributed by atoms with Gasteiger partial charge in [-0.05, 0) is 85.9 Å². The molecule has 0 rings (SSSR count). The van der Waals surface area contributed by atoms with Crippen molar-refractivity contribution in [2.45, 2.75) is 461 Å². The third-order valence-electron chi connectivity index (χ3n) is 20.5. The summed E-state index contributed by atoms with van der Waals surface area (Å²) in [6.45, 7) is 24.8. The van der Waals surface area contributed by atoms with E-state index in [0.717, 1.165) is 0 Å². The van der Waals surface area contributed by atoms with Gasteiger partial charge in [-0.2, -0.15) is 0 Å². The van der Waals surface area contributed by atoms with Crippen LogP contribution in [0.25, 0.3) is 0 Å². The van der Waals surface area contributed by atoms with Crippen molar-refractivity contribution in [1.29, 1.82) is 0 Å². The Kier molecular flexibility index (Phi) is 54.6. The van der Waals surface area contributed by atoms with Gasteiger partial charge in [-0.1, -0.05) is 397 Å². The Hall–Kier alpha value is 0. The van der Waals surface area contributed by atoms with E-state index < -0.39 is 0 Å². The van der Waals surface area contributed by atoms with E-state index >= 15 is 0 Å². The normalized spacial score (nSPS) is 15.3. The molecule has 452 valence electrons. The van der Waals surface area contributed by atoms with Crippen molar-refractivity contribution in [1.82, 2.24) is 0 Å². The second-order valence-corrected chi connectivity index (χ2v) is 26.7. The quantitative estimate of drug-likeness (QED) is 0.0533. The topological polar surface area (TPSA) is 0 Å². The minimum atomic E-state index is 0.422. The molecule has 0 spiro atoms. The second-order valence-electron chi connectivity index (χ2n) is 26.7. The van der Waals surface area contributed by atoms with Gasteiger partial charge in [0.05, 0.1) is 0 Å². The average Bonchev–Trinajstić information content (AvgIpc) is 3.42. The maximum absolute atomic E-state index is 2.67. The zero-order valence-electron chi connectivity index (χ0n) is 55.1. The summed E-state index contributed by atoms with van der Waals surface area (Å²) in [5.74, 6) is 0. The van der Waals surface area contributed by atoms with Gasteiger partial charge in [-0.25, -0.2) is 0 Å². The van der Waals surface area contributed by atoms with Gasteiger partial charge < -0.3 is 0 Å². The smallest absolute Gasteiger partial charge is 0.0179 e. The highest BCUT2D eigenvalue weighted by atomic mass is 14.7. The first-order valence-corrected chi connectivity index (χ1v) is 36.9. The highest BCUT2D eigenvalue weighted by molar-refractivity contribution is 5.15. The van der Waals surface area contributed by atoms with Crippen molar-refractivity contribution in [3.05, 3.63) is 0 Å². The molecule has 0 amide bonds. The molecule has 0 aromatic carbocycles. The summed E-state index contributed by atoms with van der Waals surface area (Å²) in [4.78, 5) is 0. The monoisotopic (exact) mass is 1050 g/mol. The summed E-state index contributed by atoms with van der Waals surface area (Å²) in [5, 5.41) is 0. The molecule has 0 aliphatic heterocycles. The second kappa shape index (κ2) is 54.6. The fraction of sp³-hybridized carbons (Fsp3) is 1.00. The van der Waals surface area contributed by atoms with Gasteiger partial charge in [0.2, 0.25) is 0 Å². The molecule has 0 aliphatic carbocycles.